The number of fused-ring (bicyclic) bond motifs is 1. The number of hydrogen-bond acceptors (Lipinski definition) is 6. The van der Waals surface area contributed by atoms with E-state index in [1.54, 1.807) is 30.7 Å². The maximum Gasteiger partial charge on any atom is 0.137 e. The van der Waals surface area contributed by atoms with Gasteiger partial charge in [-0.05, 0) is 48.7 Å². The molecular formula is C19H17N3O2S. The zero-order valence-corrected chi connectivity index (χ0v) is 14.5. The molecular weight excluding hydrogens is 334 g/mol. The van der Waals surface area contributed by atoms with Crippen LogP contribution in [-0.2, 0) is 6.54 Å². The highest BCUT2D eigenvalue weighted by atomic mass is 32.1. The predicted molar refractivity (Wildman–Crippen MR) is 99.5 cm³/mol. The van der Waals surface area contributed by atoms with Crippen molar-refractivity contribution in [3.05, 3.63) is 64.8 Å². The number of rotatable bonds is 5. The van der Waals surface area contributed by atoms with Crippen LogP contribution in [0.3, 0.4) is 0 Å². The van der Waals surface area contributed by atoms with Gasteiger partial charge in [0.25, 0.3) is 0 Å². The quantitative estimate of drug-likeness (QED) is 0.549. The average molecular weight is 351 g/mol. The topological polar surface area (TPSA) is 71.2 Å². The van der Waals surface area contributed by atoms with Crippen molar-refractivity contribution in [1.82, 2.24) is 9.97 Å². The van der Waals surface area contributed by atoms with Crippen molar-refractivity contribution in [3.8, 4) is 11.3 Å². The highest BCUT2D eigenvalue weighted by Gasteiger charge is 2.11. The van der Waals surface area contributed by atoms with Crippen LogP contribution in [0.4, 0.5) is 5.82 Å². The molecule has 25 heavy (non-hydrogen) atoms. The summed E-state index contributed by atoms with van der Waals surface area (Å²) in [5, 5.41) is 16.0. The molecule has 4 aromatic rings. The Bertz CT molecular complexity index is 993. The van der Waals surface area contributed by atoms with Gasteiger partial charge in [-0.25, -0.2) is 9.97 Å². The van der Waals surface area contributed by atoms with Crippen molar-refractivity contribution in [3.63, 3.8) is 0 Å². The summed E-state index contributed by atoms with van der Waals surface area (Å²) in [7, 11) is 0. The van der Waals surface area contributed by atoms with E-state index < -0.39 is 6.10 Å². The summed E-state index contributed by atoms with van der Waals surface area (Å²) in [4.78, 5) is 9.97. The third-order valence-corrected chi connectivity index (χ3v) is 4.84. The fourth-order valence-electron chi connectivity index (χ4n) is 2.67. The van der Waals surface area contributed by atoms with E-state index in [4.69, 9.17) is 4.42 Å². The maximum atomic E-state index is 9.64. The zero-order valence-electron chi connectivity index (χ0n) is 13.6. The minimum absolute atomic E-state index is 0.551. The fraction of sp³-hybridized carbons (Fsp3) is 0.158. The number of benzene rings is 1. The minimum atomic E-state index is -0.624. The second kappa shape index (κ2) is 6.66. The number of aromatic nitrogens is 2. The SMILES string of the molecule is C[C@@H](O)c1ccc(-c2ccc3ncnc(NCc4cccs4)c3c2)o1. The van der Waals surface area contributed by atoms with E-state index in [-0.39, 0.29) is 0 Å². The predicted octanol–water partition coefficient (Wildman–Crippen LogP) is 4.62. The molecule has 1 aromatic carbocycles. The first kappa shape index (κ1) is 15.8. The van der Waals surface area contributed by atoms with Crippen molar-refractivity contribution in [1.29, 1.82) is 0 Å². The lowest BCUT2D eigenvalue weighted by Crippen LogP contribution is -2.01. The van der Waals surface area contributed by atoms with E-state index in [0.717, 1.165) is 28.8 Å². The van der Waals surface area contributed by atoms with Crippen molar-refractivity contribution in [2.24, 2.45) is 0 Å². The van der Waals surface area contributed by atoms with Gasteiger partial charge in [0.05, 0.1) is 12.1 Å². The van der Waals surface area contributed by atoms with Crippen LogP contribution in [0.2, 0.25) is 0 Å². The Morgan fingerprint density at radius 2 is 2.12 bits per heavy atom. The van der Waals surface area contributed by atoms with Gasteiger partial charge in [0.2, 0.25) is 0 Å². The molecule has 5 nitrogen and oxygen atoms in total. The summed E-state index contributed by atoms with van der Waals surface area (Å²) in [6.45, 7) is 2.41. The number of furan rings is 1. The van der Waals surface area contributed by atoms with E-state index in [1.165, 1.54) is 4.88 Å². The number of aliphatic hydroxyl groups excluding tert-OH is 1. The van der Waals surface area contributed by atoms with E-state index >= 15 is 0 Å². The molecule has 2 N–H and O–H groups in total. The van der Waals surface area contributed by atoms with Crippen molar-refractivity contribution >= 4 is 28.1 Å². The van der Waals surface area contributed by atoms with E-state index in [0.29, 0.717) is 11.5 Å². The fourth-order valence-corrected chi connectivity index (χ4v) is 3.31. The molecule has 3 aromatic heterocycles. The smallest absolute Gasteiger partial charge is 0.137 e. The molecule has 0 radical (unpaired) electrons. The third-order valence-electron chi connectivity index (χ3n) is 3.97. The highest BCUT2D eigenvalue weighted by molar-refractivity contribution is 7.09. The summed E-state index contributed by atoms with van der Waals surface area (Å²) in [6, 6.07) is 13.7. The van der Waals surface area contributed by atoms with Crippen molar-refractivity contribution in [2.75, 3.05) is 5.32 Å². The van der Waals surface area contributed by atoms with Gasteiger partial charge in [-0.1, -0.05) is 6.07 Å². The number of hydrogen-bond donors (Lipinski definition) is 2. The molecule has 0 saturated carbocycles. The Labute approximate surface area is 149 Å². The molecule has 0 unspecified atom stereocenters. The Hall–Kier alpha value is -2.70. The van der Waals surface area contributed by atoms with Gasteiger partial charge in [-0.15, -0.1) is 11.3 Å². The maximum absolute atomic E-state index is 9.64. The molecule has 0 aliphatic rings. The summed E-state index contributed by atoms with van der Waals surface area (Å²) in [5.74, 6) is 2.06. The third kappa shape index (κ3) is 3.26. The zero-order chi connectivity index (χ0) is 17.2. The molecule has 0 aliphatic heterocycles. The first-order valence-corrected chi connectivity index (χ1v) is 8.88. The van der Waals surface area contributed by atoms with Crippen LogP contribution in [0, 0.1) is 0 Å². The standard InChI is InChI=1S/C19H17N3O2S/c1-12(23)17-6-7-18(24-17)13-4-5-16-15(9-13)19(22-11-21-16)20-10-14-3-2-8-25-14/h2-9,11-12,23H,10H2,1H3,(H,20,21,22)/t12-/m1/s1. The lowest BCUT2D eigenvalue weighted by molar-refractivity contribution is 0.170. The van der Waals surface area contributed by atoms with Crippen LogP contribution < -0.4 is 5.32 Å². The summed E-state index contributed by atoms with van der Waals surface area (Å²) in [6.07, 6.45) is 0.942. The number of aliphatic hydroxyl groups is 1. The number of nitrogens with zero attached hydrogens (tertiary/aromatic N) is 2. The Kier molecular flexibility index (Phi) is 4.21. The van der Waals surface area contributed by atoms with Crippen LogP contribution in [0.1, 0.15) is 23.7 Å². The first-order valence-electron chi connectivity index (χ1n) is 8.00. The van der Waals surface area contributed by atoms with Gasteiger partial charge in [0.15, 0.2) is 0 Å². The number of anilines is 1. The Morgan fingerprint density at radius 1 is 1.20 bits per heavy atom. The van der Waals surface area contributed by atoms with Crippen LogP contribution >= 0.6 is 11.3 Å². The lowest BCUT2D eigenvalue weighted by atomic mass is 10.1. The van der Waals surface area contributed by atoms with Gasteiger partial charge >= 0.3 is 0 Å². The van der Waals surface area contributed by atoms with Gasteiger partial charge in [0.1, 0.15) is 29.8 Å². The van der Waals surface area contributed by atoms with Crippen LogP contribution in [0.15, 0.2) is 58.6 Å². The first-order chi connectivity index (χ1) is 12.2. The second-order valence-corrected chi connectivity index (χ2v) is 6.80. The van der Waals surface area contributed by atoms with Crippen LogP contribution in [-0.4, -0.2) is 15.1 Å². The summed E-state index contributed by atoms with van der Waals surface area (Å²) < 4.78 is 5.73. The molecule has 126 valence electrons. The van der Waals surface area contributed by atoms with Gasteiger partial charge in [-0.2, -0.15) is 0 Å². The lowest BCUT2D eigenvalue weighted by Gasteiger charge is -2.08. The van der Waals surface area contributed by atoms with E-state index in [2.05, 4.69) is 26.7 Å². The largest absolute Gasteiger partial charge is 0.458 e. The molecule has 6 heteroatoms. The van der Waals surface area contributed by atoms with E-state index in [1.807, 2.05) is 30.3 Å². The van der Waals surface area contributed by atoms with Gasteiger partial charge in [0, 0.05) is 15.8 Å². The molecule has 0 fully saturated rings. The van der Waals surface area contributed by atoms with Crippen molar-refractivity contribution in [2.45, 2.75) is 19.6 Å². The molecule has 1 atom stereocenters. The van der Waals surface area contributed by atoms with Crippen LogP contribution in [0.5, 0.6) is 0 Å². The molecule has 0 saturated heterocycles. The Balaban J connectivity index is 1.69. The number of nitrogens with one attached hydrogen (secondary N) is 1. The normalized spacial score (nSPS) is 12.4. The van der Waals surface area contributed by atoms with Crippen LogP contribution in [0.25, 0.3) is 22.2 Å². The molecule has 0 bridgehead atoms. The molecule has 0 amide bonds. The number of thiophene rings is 1. The summed E-state index contributed by atoms with van der Waals surface area (Å²) >= 11 is 1.71. The monoisotopic (exact) mass is 351 g/mol. The highest BCUT2D eigenvalue weighted by Crippen LogP contribution is 2.29. The molecule has 0 spiro atoms. The Morgan fingerprint density at radius 3 is 2.88 bits per heavy atom. The molecule has 0 aliphatic carbocycles. The van der Waals surface area contributed by atoms with Gasteiger partial charge < -0.3 is 14.8 Å². The minimum Gasteiger partial charge on any atom is -0.458 e. The second-order valence-electron chi connectivity index (χ2n) is 5.77. The molecule has 4 rings (SSSR count). The van der Waals surface area contributed by atoms with Gasteiger partial charge in [-0.3, -0.25) is 0 Å². The average Bonchev–Trinajstić information content (AvgIpc) is 3.31. The molecule has 3 heterocycles. The van der Waals surface area contributed by atoms with E-state index in [9.17, 15) is 5.11 Å². The summed E-state index contributed by atoms with van der Waals surface area (Å²) in [5.41, 5.74) is 1.79. The van der Waals surface area contributed by atoms with Crippen molar-refractivity contribution < 1.29 is 9.52 Å².